The van der Waals surface area contributed by atoms with Crippen molar-refractivity contribution < 1.29 is 9.47 Å². The first-order valence-electron chi connectivity index (χ1n) is 7.88. The van der Waals surface area contributed by atoms with Gasteiger partial charge in [-0.2, -0.15) is 5.26 Å². The van der Waals surface area contributed by atoms with Crippen molar-refractivity contribution in [3.63, 3.8) is 0 Å². The summed E-state index contributed by atoms with van der Waals surface area (Å²) in [6.07, 6.45) is 0. The molecule has 1 heterocycles. The number of aryl methyl sites for hydroxylation is 1. The summed E-state index contributed by atoms with van der Waals surface area (Å²) < 4.78 is 13.1. The molecule has 0 aliphatic carbocycles. The van der Waals surface area contributed by atoms with Crippen LogP contribution >= 0.6 is 0 Å². The van der Waals surface area contributed by atoms with Gasteiger partial charge in [0.05, 0.1) is 19.3 Å². The van der Waals surface area contributed by atoms with Crippen LogP contribution in [0.3, 0.4) is 0 Å². The molecular formula is C20H19N3O2. The normalized spacial score (nSPS) is 10.3. The fourth-order valence-corrected chi connectivity index (χ4v) is 2.72. The van der Waals surface area contributed by atoms with Crippen molar-refractivity contribution >= 4 is 5.69 Å². The number of hydrogen-bond acceptors (Lipinski definition) is 4. The van der Waals surface area contributed by atoms with Crippen molar-refractivity contribution in [2.24, 2.45) is 0 Å². The lowest BCUT2D eigenvalue weighted by Crippen LogP contribution is -2.05. The molecule has 0 fully saturated rings. The minimum absolute atomic E-state index is 0.412. The van der Waals surface area contributed by atoms with Gasteiger partial charge >= 0.3 is 0 Å². The van der Waals surface area contributed by atoms with Crippen molar-refractivity contribution in [3.8, 4) is 23.4 Å². The van der Waals surface area contributed by atoms with E-state index >= 15 is 0 Å². The number of hydrogen-bond donors (Lipinski definition) is 1. The second-order valence-corrected chi connectivity index (χ2v) is 5.73. The molecule has 0 radical (unpaired) electrons. The Morgan fingerprint density at radius 1 is 1.08 bits per heavy atom. The van der Waals surface area contributed by atoms with Crippen LogP contribution in [0.25, 0.3) is 0 Å². The minimum Gasteiger partial charge on any atom is -0.493 e. The number of nitriles is 1. The molecule has 1 aromatic heterocycles. The zero-order chi connectivity index (χ0) is 17.8. The maximum absolute atomic E-state index is 9.45. The van der Waals surface area contributed by atoms with Crippen LogP contribution in [0, 0.1) is 18.3 Å². The van der Waals surface area contributed by atoms with E-state index in [9.17, 15) is 5.26 Å². The minimum atomic E-state index is 0.412. The van der Waals surface area contributed by atoms with Crippen molar-refractivity contribution in [2.45, 2.75) is 13.5 Å². The summed E-state index contributed by atoms with van der Waals surface area (Å²) in [5.41, 5.74) is 9.19. The highest BCUT2D eigenvalue weighted by molar-refractivity contribution is 5.57. The molecule has 126 valence electrons. The Kier molecular flexibility index (Phi) is 4.62. The van der Waals surface area contributed by atoms with E-state index in [4.69, 9.17) is 15.2 Å². The zero-order valence-corrected chi connectivity index (χ0v) is 14.2. The van der Waals surface area contributed by atoms with Crippen LogP contribution in [0.1, 0.15) is 16.8 Å². The zero-order valence-electron chi connectivity index (χ0n) is 14.2. The number of nitrogens with two attached hydrogens (primary N) is 1. The smallest absolute Gasteiger partial charge is 0.224 e. The molecule has 0 aliphatic rings. The molecule has 2 N–H and O–H groups in total. The molecule has 0 amide bonds. The van der Waals surface area contributed by atoms with Crippen LogP contribution in [0.4, 0.5) is 5.69 Å². The molecule has 25 heavy (non-hydrogen) atoms. The fraction of sp³-hybridized carbons (Fsp3) is 0.150. The molecular weight excluding hydrogens is 314 g/mol. The molecule has 0 saturated heterocycles. The number of para-hydroxylation sites is 2. The predicted molar refractivity (Wildman–Crippen MR) is 96.9 cm³/mol. The van der Waals surface area contributed by atoms with E-state index in [1.165, 1.54) is 0 Å². The Morgan fingerprint density at radius 3 is 2.52 bits per heavy atom. The Labute approximate surface area is 146 Å². The van der Waals surface area contributed by atoms with Crippen molar-refractivity contribution in [2.75, 3.05) is 12.8 Å². The third-order valence-electron chi connectivity index (χ3n) is 3.89. The quantitative estimate of drug-likeness (QED) is 0.763. The van der Waals surface area contributed by atoms with Gasteiger partial charge in [-0.3, -0.25) is 4.57 Å². The number of benzene rings is 2. The second-order valence-electron chi connectivity index (χ2n) is 5.73. The van der Waals surface area contributed by atoms with Gasteiger partial charge < -0.3 is 15.2 Å². The molecule has 5 nitrogen and oxygen atoms in total. The number of ether oxygens (including phenoxy) is 2. The summed E-state index contributed by atoms with van der Waals surface area (Å²) in [7, 11) is 1.58. The molecule has 5 heteroatoms. The summed E-state index contributed by atoms with van der Waals surface area (Å²) in [4.78, 5) is 0. The van der Waals surface area contributed by atoms with E-state index in [0.29, 0.717) is 35.3 Å². The molecule has 3 rings (SSSR count). The SMILES string of the molecule is COc1ccccc1Oc1c(N)cc(C#N)n1Cc1cccc(C)c1. The van der Waals surface area contributed by atoms with E-state index in [2.05, 4.69) is 12.1 Å². The maximum Gasteiger partial charge on any atom is 0.224 e. The number of aromatic nitrogens is 1. The first-order valence-corrected chi connectivity index (χ1v) is 7.88. The van der Waals surface area contributed by atoms with E-state index in [1.807, 2.05) is 43.3 Å². The lowest BCUT2D eigenvalue weighted by Gasteiger charge is -2.14. The van der Waals surface area contributed by atoms with Gasteiger partial charge in [0.2, 0.25) is 5.88 Å². The van der Waals surface area contributed by atoms with Crippen LogP contribution < -0.4 is 15.2 Å². The van der Waals surface area contributed by atoms with Crippen molar-refractivity contribution in [1.82, 2.24) is 4.57 Å². The second kappa shape index (κ2) is 7.02. The molecule has 3 aromatic rings. The lowest BCUT2D eigenvalue weighted by molar-refractivity contribution is 0.368. The first-order chi connectivity index (χ1) is 12.1. The summed E-state index contributed by atoms with van der Waals surface area (Å²) in [6, 6.07) is 19.2. The van der Waals surface area contributed by atoms with Crippen molar-refractivity contribution in [3.05, 3.63) is 71.4 Å². The van der Waals surface area contributed by atoms with Crippen LogP contribution in [-0.4, -0.2) is 11.7 Å². The monoisotopic (exact) mass is 333 g/mol. The van der Waals surface area contributed by atoms with Gasteiger partial charge in [-0.1, -0.05) is 42.0 Å². The highest BCUT2D eigenvalue weighted by Gasteiger charge is 2.17. The highest BCUT2D eigenvalue weighted by Crippen LogP contribution is 2.36. The fourth-order valence-electron chi connectivity index (χ4n) is 2.72. The predicted octanol–water partition coefficient (Wildman–Crippen LogP) is 4.10. The number of rotatable bonds is 5. The van der Waals surface area contributed by atoms with Crippen LogP contribution in [0.5, 0.6) is 17.4 Å². The van der Waals surface area contributed by atoms with Gasteiger partial charge in [-0.15, -0.1) is 0 Å². The molecule has 0 unspecified atom stereocenters. The Bertz CT molecular complexity index is 938. The largest absolute Gasteiger partial charge is 0.493 e. The van der Waals surface area contributed by atoms with E-state index in [-0.39, 0.29) is 0 Å². The molecule has 0 bridgehead atoms. The Morgan fingerprint density at radius 2 is 1.84 bits per heavy atom. The van der Waals surface area contributed by atoms with E-state index < -0.39 is 0 Å². The summed E-state index contributed by atoms with van der Waals surface area (Å²) in [5, 5.41) is 9.45. The highest BCUT2D eigenvalue weighted by atomic mass is 16.5. The first kappa shape index (κ1) is 16.5. The van der Waals surface area contributed by atoms with Gasteiger partial charge in [-0.25, -0.2) is 0 Å². The average molecular weight is 333 g/mol. The molecule has 0 aliphatic heterocycles. The Balaban J connectivity index is 2.02. The van der Waals surface area contributed by atoms with Gasteiger partial charge in [0.15, 0.2) is 11.5 Å². The van der Waals surface area contributed by atoms with Gasteiger partial charge in [-0.05, 0) is 24.6 Å². The van der Waals surface area contributed by atoms with Crippen LogP contribution in [0.2, 0.25) is 0 Å². The molecule has 2 aromatic carbocycles. The molecule has 0 spiro atoms. The standard InChI is InChI=1S/C20H19N3O2/c1-14-6-5-7-15(10-14)13-23-16(12-21)11-17(22)20(23)25-19-9-4-3-8-18(19)24-2/h3-11H,13,22H2,1-2H3. The molecule has 0 atom stereocenters. The van der Waals surface area contributed by atoms with Crippen LogP contribution in [-0.2, 0) is 6.54 Å². The van der Waals surface area contributed by atoms with Gasteiger partial charge in [0, 0.05) is 6.07 Å². The summed E-state index contributed by atoms with van der Waals surface area (Å²) >= 11 is 0. The number of anilines is 1. The van der Waals surface area contributed by atoms with E-state index in [0.717, 1.165) is 11.1 Å². The third kappa shape index (κ3) is 3.43. The number of nitrogens with zero attached hydrogens (tertiary/aromatic N) is 2. The number of nitrogen functional groups attached to an aromatic ring is 1. The van der Waals surface area contributed by atoms with Gasteiger partial charge in [0.25, 0.3) is 0 Å². The van der Waals surface area contributed by atoms with Crippen molar-refractivity contribution in [1.29, 1.82) is 5.26 Å². The summed E-state index contributed by atoms with van der Waals surface area (Å²) in [5.74, 6) is 1.58. The topological polar surface area (TPSA) is 73.2 Å². The molecule has 0 saturated carbocycles. The van der Waals surface area contributed by atoms with E-state index in [1.54, 1.807) is 23.8 Å². The number of methoxy groups -OCH3 is 1. The maximum atomic E-state index is 9.45. The lowest BCUT2D eigenvalue weighted by atomic mass is 10.1. The Hall–Kier alpha value is -3.39. The third-order valence-corrected chi connectivity index (χ3v) is 3.89. The van der Waals surface area contributed by atoms with Gasteiger partial charge in [0.1, 0.15) is 11.8 Å². The van der Waals surface area contributed by atoms with Crippen LogP contribution in [0.15, 0.2) is 54.6 Å². The summed E-state index contributed by atoms with van der Waals surface area (Å²) in [6.45, 7) is 2.53. The average Bonchev–Trinajstić information content (AvgIpc) is 2.91.